The average molecular weight is 257 g/mol. The monoisotopic (exact) mass is 257 g/mol. The minimum atomic E-state index is -0.296. The van der Waals surface area contributed by atoms with Gasteiger partial charge >= 0.3 is 0 Å². The van der Waals surface area contributed by atoms with Gasteiger partial charge in [-0.15, -0.1) is 0 Å². The lowest BCUT2D eigenvalue weighted by Gasteiger charge is -2.21. The van der Waals surface area contributed by atoms with E-state index in [1.807, 2.05) is 52.0 Å². The minimum absolute atomic E-state index is 0.174. The molecule has 0 aliphatic carbocycles. The van der Waals surface area contributed by atoms with Crippen molar-refractivity contribution in [3.63, 3.8) is 0 Å². The molecule has 1 amide bonds. The molecule has 0 radical (unpaired) electrons. The number of fused-ring (bicyclic) bond motifs is 1. The van der Waals surface area contributed by atoms with Crippen LogP contribution in [0.1, 0.15) is 37.0 Å². The molecule has 3 N–H and O–H groups in total. The number of nitrogens with zero attached hydrogens (tertiary/aromatic N) is 1. The van der Waals surface area contributed by atoms with E-state index in [2.05, 4.69) is 10.3 Å². The van der Waals surface area contributed by atoms with Gasteiger partial charge in [0.2, 0.25) is 0 Å². The summed E-state index contributed by atoms with van der Waals surface area (Å²) < 4.78 is 0. The molecule has 1 aromatic heterocycles. The molecule has 0 saturated carbocycles. The van der Waals surface area contributed by atoms with E-state index in [4.69, 9.17) is 5.73 Å². The van der Waals surface area contributed by atoms with Crippen LogP contribution in [0.4, 0.5) is 5.69 Å². The molecule has 0 saturated heterocycles. The molecular weight excluding hydrogens is 238 g/mol. The summed E-state index contributed by atoms with van der Waals surface area (Å²) in [6.45, 7) is 7.69. The highest BCUT2D eigenvalue weighted by molar-refractivity contribution is 6.08. The topological polar surface area (TPSA) is 68.0 Å². The number of anilines is 1. The van der Waals surface area contributed by atoms with E-state index < -0.39 is 0 Å². The average Bonchev–Trinajstić information content (AvgIpc) is 2.27. The van der Waals surface area contributed by atoms with E-state index in [9.17, 15) is 4.79 Å². The van der Waals surface area contributed by atoms with Crippen LogP contribution in [0.25, 0.3) is 10.8 Å². The van der Waals surface area contributed by atoms with Gasteiger partial charge in [0.05, 0.1) is 0 Å². The molecule has 1 heterocycles. The number of benzene rings is 1. The molecule has 0 unspecified atom stereocenters. The van der Waals surface area contributed by atoms with Crippen LogP contribution in [0.15, 0.2) is 24.3 Å². The van der Waals surface area contributed by atoms with Crippen molar-refractivity contribution < 1.29 is 4.79 Å². The number of aromatic nitrogens is 1. The number of carbonyl (C=O) groups excluding carboxylic acids is 1. The Morgan fingerprint density at radius 3 is 2.58 bits per heavy atom. The van der Waals surface area contributed by atoms with E-state index in [0.717, 1.165) is 16.5 Å². The van der Waals surface area contributed by atoms with Crippen LogP contribution in [0.2, 0.25) is 0 Å². The van der Waals surface area contributed by atoms with Gasteiger partial charge in [-0.25, -0.2) is 4.98 Å². The van der Waals surface area contributed by atoms with Gasteiger partial charge in [-0.3, -0.25) is 4.79 Å². The molecule has 0 spiro atoms. The summed E-state index contributed by atoms with van der Waals surface area (Å²) in [5, 5.41) is 4.59. The Morgan fingerprint density at radius 1 is 1.26 bits per heavy atom. The summed E-state index contributed by atoms with van der Waals surface area (Å²) in [6, 6.07) is 7.43. The van der Waals surface area contributed by atoms with Crippen LogP contribution in [0.3, 0.4) is 0 Å². The summed E-state index contributed by atoms with van der Waals surface area (Å²) in [4.78, 5) is 16.7. The first-order valence-electron chi connectivity index (χ1n) is 6.26. The zero-order chi connectivity index (χ0) is 14.2. The fourth-order valence-corrected chi connectivity index (χ4v) is 2.00. The molecular formula is C15H19N3O. The highest BCUT2D eigenvalue weighted by Gasteiger charge is 2.19. The Bertz CT molecular complexity index is 642. The van der Waals surface area contributed by atoms with Gasteiger partial charge in [0.25, 0.3) is 5.91 Å². The van der Waals surface area contributed by atoms with Gasteiger partial charge in [0, 0.05) is 27.7 Å². The zero-order valence-corrected chi connectivity index (χ0v) is 11.7. The molecule has 2 rings (SSSR count). The largest absolute Gasteiger partial charge is 0.398 e. The van der Waals surface area contributed by atoms with Crippen molar-refractivity contribution in [1.82, 2.24) is 10.3 Å². The van der Waals surface area contributed by atoms with Crippen molar-refractivity contribution in [1.29, 1.82) is 0 Å². The van der Waals surface area contributed by atoms with Gasteiger partial charge in [-0.2, -0.15) is 0 Å². The summed E-state index contributed by atoms with van der Waals surface area (Å²) in [6.07, 6.45) is 0. The van der Waals surface area contributed by atoms with E-state index in [0.29, 0.717) is 11.4 Å². The van der Waals surface area contributed by atoms with Gasteiger partial charge in [0.1, 0.15) is 5.69 Å². The second-order valence-corrected chi connectivity index (χ2v) is 5.76. The van der Waals surface area contributed by atoms with Gasteiger partial charge < -0.3 is 11.1 Å². The third-order valence-corrected chi connectivity index (χ3v) is 2.74. The molecule has 19 heavy (non-hydrogen) atoms. The fourth-order valence-electron chi connectivity index (χ4n) is 2.00. The number of amides is 1. The minimum Gasteiger partial charge on any atom is -0.398 e. The van der Waals surface area contributed by atoms with E-state index in [1.165, 1.54) is 0 Å². The molecule has 0 aliphatic rings. The Balaban J connectivity index is 2.60. The van der Waals surface area contributed by atoms with Gasteiger partial charge in [-0.05, 0) is 39.8 Å². The molecule has 0 fully saturated rings. The number of hydrogen-bond donors (Lipinski definition) is 2. The fraction of sp³-hybridized carbons (Fsp3) is 0.333. The lowest BCUT2D eigenvalue weighted by Crippen LogP contribution is -2.41. The second-order valence-electron chi connectivity index (χ2n) is 5.76. The Kier molecular flexibility index (Phi) is 3.18. The lowest BCUT2D eigenvalue weighted by atomic mass is 10.0. The standard InChI is InChI=1S/C15H19N3O/c1-9-8-11-10(6-5-7-12(11)16)13(17-9)14(19)18-15(2,3)4/h5-8H,16H2,1-4H3,(H,18,19). The summed E-state index contributed by atoms with van der Waals surface area (Å²) >= 11 is 0. The van der Waals surface area contributed by atoms with Crippen LogP contribution in [-0.2, 0) is 0 Å². The van der Waals surface area contributed by atoms with Crippen LogP contribution < -0.4 is 11.1 Å². The molecule has 4 heteroatoms. The van der Waals surface area contributed by atoms with Crippen molar-refractivity contribution >= 4 is 22.4 Å². The van der Waals surface area contributed by atoms with Crippen LogP contribution >= 0.6 is 0 Å². The number of aryl methyl sites for hydroxylation is 1. The van der Waals surface area contributed by atoms with Crippen molar-refractivity contribution in [3.8, 4) is 0 Å². The number of rotatable bonds is 1. The van der Waals surface area contributed by atoms with Gasteiger partial charge in [-0.1, -0.05) is 12.1 Å². The number of nitrogens with two attached hydrogens (primary N) is 1. The summed E-state index contributed by atoms with van der Waals surface area (Å²) in [5.41, 5.74) is 7.54. The molecule has 100 valence electrons. The quantitative estimate of drug-likeness (QED) is 0.772. The number of carbonyl (C=O) groups is 1. The summed E-state index contributed by atoms with van der Waals surface area (Å²) in [5.74, 6) is -0.174. The summed E-state index contributed by atoms with van der Waals surface area (Å²) in [7, 11) is 0. The van der Waals surface area contributed by atoms with Gasteiger partial charge in [0.15, 0.2) is 0 Å². The number of nitrogens with one attached hydrogen (secondary N) is 1. The maximum atomic E-state index is 12.3. The lowest BCUT2D eigenvalue weighted by molar-refractivity contribution is 0.0916. The third-order valence-electron chi connectivity index (χ3n) is 2.74. The molecule has 0 bridgehead atoms. The van der Waals surface area contributed by atoms with Crippen LogP contribution in [0, 0.1) is 6.92 Å². The molecule has 4 nitrogen and oxygen atoms in total. The van der Waals surface area contributed by atoms with Crippen LogP contribution in [-0.4, -0.2) is 16.4 Å². The van der Waals surface area contributed by atoms with Crippen LogP contribution in [0.5, 0.6) is 0 Å². The third kappa shape index (κ3) is 2.84. The van der Waals surface area contributed by atoms with Crippen molar-refractivity contribution in [2.75, 3.05) is 5.73 Å². The second kappa shape index (κ2) is 4.53. The highest BCUT2D eigenvalue weighted by atomic mass is 16.2. The highest BCUT2D eigenvalue weighted by Crippen LogP contribution is 2.24. The Hall–Kier alpha value is -2.10. The first-order chi connectivity index (χ1) is 8.78. The smallest absolute Gasteiger partial charge is 0.270 e. The van der Waals surface area contributed by atoms with Crippen molar-refractivity contribution in [2.45, 2.75) is 33.2 Å². The van der Waals surface area contributed by atoms with E-state index in [-0.39, 0.29) is 11.4 Å². The number of hydrogen-bond acceptors (Lipinski definition) is 3. The molecule has 2 aromatic rings. The number of pyridine rings is 1. The SMILES string of the molecule is Cc1cc2c(N)cccc2c(C(=O)NC(C)(C)C)n1. The first-order valence-corrected chi connectivity index (χ1v) is 6.26. The number of nitrogen functional groups attached to an aromatic ring is 1. The Labute approximate surface area is 113 Å². The first kappa shape index (κ1) is 13.3. The van der Waals surface area contributed by atoms with Crippen molar-refractivity contribution in [3.05, 3.63) is 35.7 Å². The maximum Gasteiger partial charge on any atom is 0.270 e. The molecule has 0 atom stereocenters. The van der Waals surface area contributed by atoms with E-state index >= 15 is 0 Å². The molecule has 0 aliphatic heterocycles. The van der Waals surface area contributed by atoms with E-state index in [1.54, 1.807) is 0 Å². The zero-order valence-electron chi connectivity index (χ0n) is 11.7. The normalized spacial score (nSPS) is 11.6. The maximum absolute atomic E-state index is 12.3. The predicted molar refractivity (Wildman–Crippen MR) is 78.1 cm³/mol. The predicted octanol–water partition coefficient (Wildman–Crippen LogP) is 2.65. The molecule has 1 aromatic carbocycles. The van der Waals surface area contributed by atoms with Crippen molar-refractivity contribution in [2.24, 2.45) is 0 Å². The Morgan fingerprint density at radius 2 is 1.95 bits per heavy atom.